The Hall–Kier alpha value is -2.52. The summed E-state index contributed by atoms with van der Waals surface area (Å²) in [6.45, 7) is 3.25. The lowest BCUT2D eigenvalue weighted by Crippen LogP contribution is -2.43. The maximum atomic E-state index is 13.2. The van der Waals surface area contributed by atoms with E-state index in [1.807, 2.05) is 13.8 Å². The SMILES string of the molecule is Cc1sc2ncn(CC(=O)NCC(=O)NC3C=CC(F)=C(Cl)C3)c(=O)c2c1C. The predicted molar refractivity (Wildman–Crippen MR) is 106 cm³/mol. The molecule has 10 heteroatoms. The van der Waals surface area contributed by atoms with Gasteiger partial charge in [0, 0.05) is 11.3 Å². The molecule has 0 spiro atoms. The smallest absolute Gasteiger partial charge is 0.262 e. The van der Waals surface area contributed by atoms with Crippen molar-refractivity contribution in [3.8, 4) is 0 Å². The quantitative estimate of drug-likeness (QED) is 0.768. The number of hydrogen-bond acceptors (Lipinski definition) is 5. The molecule has 2 N–H and O–H groups in total. The molecule has 0 aliphatic heterocycles. The number of rotatable bonds is 5. The zero-order valence-corrected chi connectivity index (χ0v) is 16.8. The number of allylic oxidation sites excluding steroid dienone is 2. The molecule has 2 aromatic heterocycles. The van der Waals surface area contributed by atoms with E-state index >= 15 is 0 Å². The number of nitrogens with one attached hydrogen (secondary N) is 2. The number of carbonyl (C=O) groups excluding carboxylic acids is 2. The van der Waals surface area contributed by atoms with Crippen LogP contribution in [0.25, 0.3) is 10.2 Å². The van der Waals surface area contributed by atoms with Crippen molar-refractivity contribution >= 4 is 45.0 Å². The van der Waals surface area contributed by atoms with Crippen LogP contribution in [-0.2, 0) is 16.1 Å². The molecule has 2 aromatic rings. The fraction of sp³-hybridized carbons (Fsp3) is 0.333. The van der Waals surface area contributed by atoms with Gasteiger partial charge >= 0.3 is 0 Å². The van der Waals surface area contributed by atoms with Crippen molar-refractivity contribution in [3.63, 3.8) is 0 Å². The molecule has 2 amide bonds. The van der Waals surface area contributed by atoms with Crippen LogP contribution in [-0.4, -0.2) is 34.0 Å². The van der Waals surface area contributed by atoms with Crippen LogP contribution in [0.3, 0.4) is 0 Å². The summed E-state index contributed by atoms with van der Waals surface area (Å²) in [4.78, 5) is 42.5. The molecule has 2 heterocycles. The Morgan fingerprint density at radius 2 is 2.14 bits per heavy atom. The van der Waals surface area contributed by atoms with Gasteiger partial charge in [0.1, 0.15) is 17.2 Å². The van der Waals surface area contributed by atoms with Gasteiger partial charge in [-0.1, -0.05) is 17.7 Å². The Morgan fingerprint density at radius 3 is 2.86 bits per heavy atom. The third-order valence-corrected chi connectivity index (χ3v) is 5.85. The van der Waals surface area contributed by atoms with Gasteiger partial charge in [0.25, 0.3) is 5.56 Å². The average molecular weight is 425 g/mol. The van der Waals surface area contributed by atoms with Gasteiger partial charge in [0.2, 0.25) is 11.8 Å². The molecule has 0 fully saturated rings. The van der Waals surface area contributed by atoms with Crippen LogP contribution in [0.2, 0.25) is 0 Å². The van der Waals surface area contributed by atoms with E-state index in [0.717, 1.165) is 10.4 Å². The molecule has 0 radical (unpaired) electrons. The molecule has 0 saturated carbocycles. The van der Waals surface area contributed by atoms with Gasteiger partial charge in [0.15, 0.2) is 0 Å². The Bertz CT molecular complexity index is 1070. The highest BCUT2D eigenvalue weighted by molar-refractivity contribution is 7.18. The van der Waals surface area contributed by atoms with E-state index < -0.39 is 23.7 Å². The molecular formula is C18H18ClFN4O3S. The van der Waals surface area contributed by atoms with Crippen molar-refractivity contribution in [2.24, 2.45) is 0 Å². The lowest BCUT2D eigenvalue weighted by molar-refractivity contribution is -0.126. The highest BCUT2D eigenvalue weighted by Crippen LogP contribution is 2.25. The standard InChI is InChI=1S/C18H18ClFN4O3S/c1-9-10(2)28-17-16(9)18(27)24(8-22-17)7-15(26)21-6-14(25)23-11-3-4-13(20)12(19)5-11/h3-4,8,11H,5-7H2,1-2H3,(H,21,26)(H,23,25). The normalized spacial score (nSPS) is 16.5. The topological polar surface area (TPSA) is 93.1 Å². The minimum Gasteiger partial charge on any atom is -0.348 e. The summed E-state index contributed by atoms with van der Waals surface area (Å²) in [5.41, 5.74) is 0.568. The van der Waals surface area contributed by atoms with Gasteiger partial charge in [-0.25, -0.2) is 9.37 Å². The summed E-state index contributed by atoms with van der Waals surface area (Å²) in [6.07, 6.45) is 4.17. The third-order valence-electron chi connectivity index (χ3n) is 4.40. The Kier molecular flexibility index (Phi) is 5.95. The molecule has 3 rings (SSSR count). The zero-order valence-electron chi connectivity index (χ0n) is 15.2. The minimum atomic E-state index is -0.521. The second-order valence-electron chi connectivity index (χ2n) is 6.41. The lowest BCUT2D eigenvalue weighted by atomic mass is 10.1. The number of halogens is 2. The van der Waals surface area contributed by atoms with E-state index in [2.05, 4.69) is 15.6 Å². The number of aromatic nitrogens is 2. The van der Waals surface area contributed by atoms with Crippen LogP contribution in [0.15, 0.2) is 34.1 Å². The van der Waals surface area contributed by atoms with Gasteiger partial charge in [-0.05, 0) is 25.5 Å². The van der Waals surface area contributed by atoms with Crippen LogP contribution < -0.4 is 16.2 Å². The highest BCUT2D eigenvalue weighted by Gasteiger charge is 2.18. The molecule has 1 aliphatic rings. The summed E-state index contributed by atoms with van der Waals surface area (Å²) in [5.74, 6) is -1.46. The monoisotopic (exact) mass is 424 g/mol. The van der Waals surface area contributed by atoms with Crippen LogP contribution in [0.4, 0.5) is 4.39 Å². The molecule has 0 saturated heterocycles. The van der Waals surface area contributed by atoms with Crippen LogP contribution >= 0.6 is 22.9 Å². The summed E-state index contributed by atoms with van der Waals surface area (Å²) in [7, 11) is 0. The van der Waals surface area contributed by atoms with Crippen molar-refractivity contribution in [3.05, 3.63) is 50.1 Å². The number of carbonyl (C=O) groups is 2. The summed E-state index contributed by atoms with van der Waals surface area (Å²) >= 11 is 7.16. The number of thiophene rings is 1. The first-order valence-corrected chi connectivity index (χ1v) is 9.69. The molecule has 0 aromatic carbocycles. The molecule has 148 valence electrons. The van der Waals surface area contributed by atoms with E-state index in [4.69, 9.17) is 11.6 Å². The van der Waals surface area contributed by atoms with Crippen molar-refractivity contribution in [2.75, 3.05) is 6.54 Å². The molecular weight excluding hydrogens is 407 g/mol. The second-order valence-corrected chi connectivity index (χ2v) is 8.07. The predicted octanol–water partition coefficient (Wildman–Crippen LogP) is 2.06. The highest BCUT2D eigenvalue weighted by atomic mass is 35.5. The van der Waals surface area contributed by atoms with E-state index in [-0.39, 0.29) is 30.1 Å². The van der Waals surface area contributed by atoms with Crippen molar-refractivity contribution in [1.29, 1.82) is 0 Å². The summed E-state index contributed by atoms with van der Waals surface area (Å²) in [5, 5.41) is 5.64. The first kappa shape index (κ1) is 20.2. The largest absolute Gasteiger partial charge is 0.348 e. The third kappa shape index (κ3) is 4.31. The number of nitrogens with zero attached hydrogens (tertiary/aromatic N) is 2. The van der Waals surface area contributed by atoms with Crippen LogP contribution in [0.1, 0.15) is 16.9 Å². The van der Waals surface area contributed by atoms with E-state index in [0.29, 0.717) is 10.2 Å². The maximum absolute atomic E-state index is 13.2. The number of hydrogen-bond donors (Lipinski definition) is 2. The molecule has 28 heavy (non-hydrogen) atoms. The number of amides is 2. The maximum Gasteiger partial charge on any atom is 0.262 e. The first-order valence-electron chi connectivity index (χ1n) is 8.49. The van der Waals surface area contributed by atoms with Gasteiger partial charge in [0.05, 0.1) is 29.3 Å². The molecule has 0 bridgehead atoms. The van der Waals surface area contributed by atoms with E-state index in [1.54, 1.807) is 0 Å². The minimum absolute atomic E-state index is 0.0399. The summed E-state index contributed by atoms with van der Waals surface area (Å²) in [6, 6.07) is -0.435. The zero-order chi connectivity index (χ0) is 20.4. The van der Waals surface area contributed by atoms with Gasteiger partial charge in [-0.2, -0.15) is 0 Å². The van der Waals surface area contributed by atoms with E-state index in [9.17, 15) is 18.8 Å². The lowest BCUT2D eigenvalue weighted by Gasteiger charge is -2.18. The fourth-order valence-corrected chi connectivity index (χ4v) is 4.00. The Morgan fingerprint density at radius 1 is 1.39 bits per heavy atom. The van der Waals surface area contributed by atoms with Crippen molar-refractivity contribution in [2.45, 2.75) is 32.9 Å². The van der Waals surface area contributed by atoms with Crippen LogP contribution in [0, 0.1) is 13.8 Å². The van der Waals surface area contributed by atoms with E-state index in [1.165, 1.54) is 34.4 Å². The van der Waals surface area contributed by atoms with Crippen molar-refractivity contribution < 1.29 is 14.0 Å². The number of fused-ring (bicyclic) bond motifs is 1. The van der Waals surface area contributed by atoms with Gasteiger partial charge < -0.3 is 10.6 Å². The summed E-state index contributed by atoms with van der Waals surface area (Å²) < 4.78 is 14.4. The van der Waals surface area contributed by atoms with Crippen molar-refractivity contribution in [1.82, 2.24) is 20.2 Å². The Labute approximate surface area is 168 Å². The molecule has 1 aliphatic carbocycles. The Balaban J connectivity index is 1.56. The fourth-order valence-electron chi connectivity index (χ4n) is 2.78. The average Bonchev–Trinajstić information content (AvgIpc) is 2.94. The molecule has 1 atom stereocenters. The molecule has 1 unspecified atom stereocenters. The molecule has 7 nitrogen and oxygen atoms in total. The first-order chi connectivity index (χ1) is 13.3. The van der Waals surface area contributed by atoms with Crippen LogP contribution in [0.5, 0.6) is 0 Å². The van der Waals surface area contributed by atoms with Gasteiger partial charge in [-0.3, -0.25) is 19.0 Å². The van der Waals surface area contributed by atoms with Gasteiger partial charge in [-0.15, -0.1) is 11.3 Å². The second kappa shape index (κ2) is 8.24. The number of aryl methyl sites for hydroxylation is 2.